The highest BCUT2D eigenvalue weighted by molar-refractivity contribution is 7.14. The molecule has 1 aliphatic heterocycles. The molecule has 29 heavy (non-hydrogen) atoms. The van der Waals surface area contributed by atoms with E-state index in [4.69, 9.17) is 4.74 Å². The van der Waals surface area contributed by atoms with Crippen molar-refractivity contribution < 1.29 is 19.1 Å². The normalized spacial score (nSPS) is 12.8. The molecule has 1 N–H and O–H groups in total. The Kier molecular flexibility index (Phi) is 5.09. The largest absolute Gasteiger partial charge is 0.494 e. The molecule has 1 aromatic heterocycles. The molecule has 2 heterocycles. The van der Waals surface area contributed by atoms with Gasteiger partial charge in [-0.05, 0) is 43.3 Å². The lowest BCUT2D eigenvalue weighted by Crippen LogP contribution is -2.37. The summed E-state index contributed by atoms with van der Waals surface area (Å²) in [5, 5.41) is 4.88. The first-order valence-corrected chi connectivity index (χ1v) is 9.88. The smallest absolute Gasteiger partial charge is 0.262 e. The van der Waals surface area contributed by atoms with Gasteiger partial charge in [-0.1, -0.05) is 12.1 Å². The standard InChI is InChI=1S/C21H17N3O4S/c1-2-28-14-9-7-13(8-10-14)17-12-29-21(22-17)23-18(25)11-24-19(26)15-5-3-4-6-16(15)20(24)27/h3-10,12H,2,11H2,1H3,(H,22,23,25). The first kappa shape index (κ1) is 18.8. The fraction of sp³-hybridized carbons (Fsp3) is 0.143. The molecule has 0 spiro atoms. The summed E-state index contributed by atoms with van der Waals surface area (Å²) in [4.78, 5) is 42.4. The maximum Gasteiger partial charge on any atom is 0.262 e. The van der Waals surface area contributed by atoms with E-state index in [1.807, 2.05) is 36.6 Å². The van der Waals surface area contributed by atoms with Crippen LogP contribution in [-0.4, -0.2) is 40.8 Å². The average Bonchev–Trinajstić information content (AvgIpc) is 3.28. The van der Waals surface area contributed by atoms with Gasteiger partial charge in [0.1, 0.15) is 12.3 Å². The molecule has 0 bridgehead atoms. The second-order valence-corrected chi connectivity index (χ2v) is 7.14. The molecule has 0 fully saturated rings. The number of imide groups is 1. The summed E-state index contributed by atoms with van der Waals surface area (Å²) < 4.78 is 5.42. The van der Waals surface area contributed by atoms with Crippen molar-refractivity contribution in [2.24, 2.45) is 0 Å². The second-order valence-electron chi connectivity index (χ2n) is 6.29. The number of ether oxygens (including phenoxy) is 1. The third kappa shape index (κ3) is 3.74. The Morgan fingerprint density at radius 1 is 1.07 bits per heavy atom. The number of benzene rings is 2. The molecule has 0 saturated heterocycles. The van der Waals surface area contributed by atoms with Gasteiger partial charge in [-0.2, -0.15) is 0 Å². The number of amides is 3. The van der Waals surface area contributed by atoms with Gasteiger partial charge in [0.05, 0.1) is 23.4 Å². The topological polar surface area (TPSA) is 88.6 Å². The predicted molar refractivity (Wildman–Crippen MR) is 109 cm³/mol. The fourth-order valence-corrected chi connectivity index (χ4v) is 3.77. The molecule has 1 aliphatic rings. The lowest BCUT2D eigenvalue weighted by atomic mass is 10.1. The van der Waals surface area contributed by atoms with E-state index in [0.29, 0.717) is 28.6 Å². The molecule has 146 valence electrons. The Morgan fingerprint density at radius 2 is 1.72 bits per heavy atom. The van der Waals surface area contributed by atoms with Crippen molar-refractivity contribution in [3.8, 4) is 17.0 Å². The van der Waals surface area contributed by atoms with E-state index < -0.39 is 17.7 Å². The summed E-state index contributed by atoms with van der Waals surface area (Å²) in [6.45, 7) is 2.16. The van der Waals surface area contributed by atoms with Crippen LogP contribution in [0.15, 0.2) is 53.9 Å². The van der Waals surface area contributed by atoms with Crippen LogP contribution in [0.25, 0.3) is 11.3 Å². The number of anilines is 1. The molecule has 7 nitrogen and oxygen atoms in total. The zero-order valence-corrected chi connectivity index (χ0v) is 16.4. The van der Waals surface area contributed by atoms with Crippen molar-refractivity contribution in [1.29, 1.82) is 0 Å². The number of hydrogen-bond acceptors (Lipinski definition) is 6. The highest BCUT2D eigenvalue weighted by Gasteiger charge is 2.36. The molecule has 3 aromatic rings. The van der Waals surface area contributed by atoms with Crippen LogP contribution in [0.2, 0.25) is 0 Å². The lowest BCUT2D eigenvalue weighted by Gasteiger charge is -2.12. The Balaban J connectivity index is 1.41. The number of thiazole rings is 1. The number of rotatable bonds is 6. The number of nitrogens with one attached hydrogen (secondary N) is 1. The van der Waals surface area contributed by atoms with Gasteiger partial charge < -0.3 is 10.1 Å². The van der Waals surface area contributed by atoms with E-state index in [-0.39, 0.29) is 6.54 Å². The number of carbonyl (C=O) groups is 3. The number of nitrogens with zero attached hydrogens (tertiary/aromatic N) is 2. The Labute approximate surface area is 170 Å². The van der Waals surface area contributed by atoms with E-state index >= 15 is 0 Å². The molecule has 2 aromatic carbocycles. The first-order valence-electron chi connectivity index (χ1n) is 9.00. The minimum Gasteiger partial charge on any atom is -0.494 e. The number of hydrogen-bond donors (Lipinski definition) is 1. The SMILES string of the molecule is CCOc1ccc(-c2csc(NC(=O)CN3C(=O)c4ccccc4C3=O)n2)cc1. The van der Waals surface area contributed by atoms with Crippen LogP contribution >= 0.6 is 11.3 Å². The van der Waals surface area contributed by atoms with Gasteiger partial charge in [0, 0.05) is 10.9 Å². The van der Waals surface area contributed by atoms with E-state index in [1.54, 1.807) is 24.3 Å². The molecule has 4 rings (SSSR count). The van der Waals surface area contributed by atoms with Gasteiger partial charge in [0.2, 0.25) is 5.91 Å². The second kappa shape index (κ2) is 7.84. The molecule has 0 atom stereocenters. The number of fused-ring (bicyclic) bond motifs is 1. The van der Waals surface area contributed by atoms with E-state index in [1.165, 1.54) is 11.3 Å². The zero-order valence-electron chi connectivity index (χ0n) is 15.5. The molecule has 3 amide bonds. The maximum absolute atomic E-state index is 12.4. The van der Waals surface area contributed by atoms with Crippen LogP contribution in [-0.2, 0) is 4.79 Å². The van der Waals surface area contributed by atoms with Gasteiger partial charge in [-0.15, -0.1) is 11.3 Å². The van der Waals surface area contributed by atoms with Crippen LogP contribution < -0.4 is 10.1 Å². The molecule has 0 radical (unpaired) electrons. The summed E-state index contributed by atoms with van der Waals surface area (Å²) in [6, 6.07) is 14.0. The van der Waals surface area contributed by atoms with Crippen LogP contribution in [0.3, 0.4) is 0 Å². The number of carbonyl (C=O) groups excluding carboxylic acids is 3. The highest BCUT2D eigenvalue weighted by atomic mass is 32.1. The summed E-state index contributed by atoms with van der Waals surface area (Å²) >= 11 is 1.27. The zero-order chi connectivity index (χ0) is 20.4. The minimum atomic E-state index is -0.480. The fourth-order valence-electron chi connectivity index (χ4n) is 3.04. The Morgan fingerprint density at radius 3 is 2.34 bits per heavy atom. The number of aromatic nitrogens is 1. The van der Waals surface area contributed by atoms with Gasteiger partial charge in [0.15, 0.2) is 5.13 Å². The molecule has 0 aliphatic carbocycles. The van der Waals surface area contributed by atoms with E-state index in [0.717, 1.165) is 16.2 Å². The van der Waals surface area contributed by atoms with Gasteiger partial charge >= 0.3 is 0 Å². The summed E-state index contributed by atoms with van der Waals surface area (Å²) in [6.07, 6.45) is 0. The van der Waals surface area contributed by atoms with Crippen molar-refractivity contribution in [2.45, 2.75) is 6.92 Å². The van der Waals surface area contributed by atoms with E-state index in [9.17, 15) is 14.4 Å². The average molecular weight is 407 g/mol. The summed E-state index contributed by atoms with van der Waals surface area (Å²) in [5.74, 6) is -0.627. The maximum atomic E-state index is 12.4. The van der Waals surface area contributed by atoms with Crippen molar-refractivity contribution in [2.75, 3.05) is 18.5 Å². The van der Waals surface area contributed by atoms with Crippen LogP contribution in [0, 0.1) is 0 Å². The van der Waals surface area contributed by atoms with Gasteiger partial charge in [0.25, 0.3) is 11.8 Å². The van der Waals surface area contributed by atoms with E-state index in [2.05, 4.69) is 10.3 Å². The van der Waals surface area contributed by atoms with Crippen molar-refractivity contribution in [3.05, 3.63) is 65.0 Å². The van der Waals surface area contributed by atoms with Gasteiger partial charge in [-0.3, -0.25) is 19.3 Å². The molecule has 0 unspecified atom stereocenters. The van der Waals surface area contributed by atoms with Gasteiger partial charge in [-0.25, -0.2) is 4.98 Å². The summed E-state index contributed by atoms with van der Waals surface area (Å²) in [5.41, 5.74) is 2.24. The quantitative estimate of drug-likeness (QED) is 0.633. The third-order valence-electron chi connectivity index (χ3n) is 4.39. The predicted octanol–water partition coefficient (Wildman–Crippen LogP) is 3.44. The summed E-state index contributed by atoms with van der Waals surface area (Å²) in [7, 11) is 0. The minimum absolute atomic E-state index is 0.317. The Bertz CT molecular complexity index is 1060. The first-order chi connectivity index (χ1) is 14.1. The molecular formula is C21H17N3O4S. The lowest BCUT2D eigenvalue weighted by molar-refractivity contribution is -0.116. The molecular weight excluding hydrogens is 390 g/mol. The van der Waals surface area contributed by atoms with Crippen molar-refractivity contribution in [3.63, 3.8) is 0 Å². The Hall–Kier alpha value is -3.52. The molecule has 8 heteroatoms. The van der Waals surface area contributed by atoms with Crippen molar-refractivity contribution in [1.82, 2.24) is 9.88 Å². The van der Waals surface area contributed by atoms with Crippen LogP contribution in [0.1, 0.15) is 27.6 Å². The monoisotopic (exact) mass is 407 g/mol. The van der Waals surface area contributed by atoms with Crippen LogP contribution in [0.4, 0.5) is 5.13 Å². The third-order valence-corrected chi connectivity index (χ3v) is 5.15. The van der Waals surface area contributed by atoms with Crippen molar-refractivity contribution >= 4 is 34.2 Å². The van der Waals surface area contributed by atoms with Crippen LogP contribution in [0.5, 0.6) is 5.75 Å². The highest BCUT2D eigenvalue weighted by Crippen LogP contribution is 2.27. The molecule has 0 saturated carbocycles.